The molecule has 3 heteroatoms. The second kappa shape index (κ2) is 6.55. The highest BCUT2D eigenvalue weighted by Gasteiger charge is 2.26. The Hall–Kier alpha value is -2.29. The van der Waals surface area contributed by atoms with Crippen LogP contribution < -0.4 is 4.74 Å². The van der Waals surface area contributed by atoms with Gasteiger partial charge in [-0.3, -0.25) is 0 Å². The summed E-state index contributed by atoms with van der Waals surface area (Å²) in [5.41, 5.74) is 3.46. The Kier molecular flexibility index (Phi) is 4.99. The Labute approximate surface area is 150 Å². The smallest absolute Gasteiger partial charge is 0.343 e. The molecule has 0 aromatic heterocycles. The first-order valence-electron chi connectivity index (χ1n) is 8.56. The van der Waals surface area contributed by atoms with Crippen LogP contribution in [-0.2, 0) is 10.8 Å². The zero-order chi connectivity index (χ0) is 19.0. The van der Waals surface area contributed by atoms with Crippen LogP contribution >= 0.6 is 0 Å². The Balaban J connectivity index is 2.49. The number of carbonyl (C=O) groups excluding carboxylic acids is 1. The van der Waals surface area contributed by atoms with Crippen molar-refractivity contribution >= 4 is 5.97 Å². The van der Waals surface area contributed by atoms with E-state index in [0.717, 1.165) is 11.1 Å². The van der Waals surface area contributed by atoms with Crippen molar-refractivity contribution < 1.29 is 14.6 Å². The standard InChI is InChI=1S/C22H28O3/c1-14-12-16(21(2,3)4)13-18(22(5,6)7)19(14)25-20(24)15-8-10-17(23)11-9-15/h8-13,23H,1-7H3. The highest BCUT2D eigenvalue weighted by molar-refractivity contribution is 5.91. The molecule has 0 unspecified atom stereocenters. The third-order valence-electron chi connectivity index (χ3n) is 4.25. The van der Waals surface area contributed by atoms with E-state index in [2.05, 4.69) is 53.7 Å². The summed E-state index contributed by atoms with van der Waals surface area (Å²) in [6.07, 6.45) is 0. The molecule has 25 heavy (non-hydrogen) atoms. The highest BCUT2D eigenvalue weighted by Crippen LogP contribution is 2.38. The molecule has 0 atom stereocenters. The number of benzene rings is 2. The maximum atomic E-state index is 12.5. The lowest BCUT2D eigenvalue weighted by Crippen LogP contribution is -2.20. The normalized spacial score (nSPS) is 12.1. The first-order chi connectivity index (χ1) is 11.4. The molecule has 2 rings (SSSR count). The van der Waals surface area contributed by atoms with Crippen LogP contribution in [-0.4, -0.2) is 11.1 Å². The van der Waals surface area contributed by atoms with Gasteiger partial charge in [0, 0.05) is 5.56 Å². The zero-order valence-corrected chi connectivity index (χ0v) is 16.2. The Morgan fingerprint density at radius 2 is 1.48 bits per heavy atom. The Morgan fingerprint density at radius 3 is 1.96 bits per heavy atom. The summed E-state index contributed by atoms with van der Waals surface area (Å²) < 4.78 is 5.78. The van der Waals surface area contributed by atoms with Gasteiger partial charge >= 0.3 is 5.97 Å². The van der Waals surface area contributed by atoms with Crippen LogP contribution in [0, 0.1) is 6.92 Å². The second-order valence-electron chi connectivity index (χ2n) is 8.61. The first kappa shape index (κ1) is 19.0. The van der Waals surface area contributed by atoms with E-state index in [4.69, 9.17) is 4.74 Å². The van der Waals surface area contributed by atoms with Gasteiger partial charge in [-0.15, -0.1) is 0 Å². The SMILES string of the molecule is Cc1cc(C(C)(C)C)cc(C(C)(C)C)c1OC(=O)c1ccc(O)cc1. The molecule has 1 N–H and O–H groups in total. The van der Waals surface area contributed by atoms with Gasteiger partial charge in [-0.2, -0.15) is 0 Å². The van der Waals surface area contributed by atoms with Gasteiger partial charge in [0.1, 0.15) is 11.5 Å². The highest BCUT2D eigenvalue weighted by atomic mass is 16.5. The third kappa shape index (κ3) is 4.41. The van der Waals surface area contributed by atoms with Crippen molar-refractivity contribution in [2.45, 2.75) is 59.3 Å². The van der Waals surface area contributed by atoms with E-state index in [1.807, 2.05) is 6.92 Å². The van der Waals surface area contributed by atoms with Crippen molar-refractivity contribution in [2.75, 3.05) is 0 Å². The van der Waals surface area contributed by atoms with Crippen molar-refractivity contribution in [1.82, 2.24) is 0 Å². The number of rotatable bonds is 2. The molecule has 0 aliphatic rings. The van der Waals surface area contributed by atoms with Gasteiger partial charge in [0.2, 0.25) is 0 Å². The van der Waals surface area contributed by atoms with Crippen LogP contribution in [0.3, 0.4) is 0 Å². The summed E-state index contributed by atoms with van der Waals surface area (Å²) in [6, 6.07) is 10.3. The largest absolute Gasteiger partial charge is 0.508 e. The molecule has 0 heterocycles. The van der Waals surface area contributed by atoms with E-state index in [0.29, 0.717) is 11.3 Å². The van der Waals surface area contributed by atoms with Crippen molar-refractivity contribution in [3.05, 3.63) is 58.7 Å². The summed E-state index contributed by atoms with van der Waals surface area (Å²) in [6.45, 7) is 14.9. The fourth-order valence-corrected chi connectivity index (χ4v) is 2.65. The summed E-state index contributed by atoms with van der Waals surface area (Å²) in [4.78, 5) is 12.5. The maximum absolute atomic E-state index is 12.5. The molecule has 0 aliphatic carbocycles. The number of phenolic OH excluding ortho intramolecular Hbond substituents is 1. The Morgan fingerprint density at radius 1 is 0.920 bits per heavy atom. The minimum atomic E-state index is -0.419. The Bertz CT molecular complexity index is 773. The van der Waals surface area contributed by atoms with E-state index in [1.165, 1.54) is 17.7 Å². The molecule has 0 saturated carbocycles. The number of aromatic hydroxyl groups is 1. The fourth-order valence-electron chi connectivity index (χ4n) is 2.65. The average molecular weight is 340 g/mol. The zero-order valence-electron chi connectivity index (χ0n) is 16.2. The average Bonchev–Trinajstić information content (AvgIpc) is 2.47. The topological polar surface area (TPSA) is 46.5 Å². The summed E-state index contributed by atoms with van der Waals surface area (Å²) >= 11 is 0. The van der Waals surface area contributed by atoms with Crippen molar-refractivity contribution in [3.8, 4) is 11.5 Å². The predicted octanol–water partition coefficient (Wildman–Crippen LogP) is 5.51. The number of phenols is 1. The molecule has 2 aromatic rings. The number of esters is 1. The molecular formula is C22H28O3. The van der Waals surface area contributed by atoms with E-state index in [-0.39, 0.29) is 16.6 Å². The van der Waals surface area contributed by atoms with Crippen LogP contribution in [0.15, 0.2) is 36.4 Å². The first-order valence-corrected chi connectivity index (χ1v) is 8.56. The number of ether oxygens (including phenoxy) is 1. The van der Waals surface area contributed by atoms with Crippen LogP contribution in [0.25, 0.3) is 0 Å². The maximum Gasteiger partial charge on any atom is 0.343 e. The third-order valence-corrected chi connectivity index (χ3v) is 4.25. The van der Waals surface area contributed by atoms with Gasteiger partial charge < -0.3 is 9.84 Å². The molecule has 0 amide bonds. The van der Waals surface area contributed by atoms with E-state index in [1.54, 1.807) is 12.1 Å². The number of aryl methyl sites for hydroxylation is 1. The summed E-state index contributed by atoms with van der Waals surface area (Å²) in [7, 11) is 0. The monoisotopic (exact) mass is 340 g/mol. The summed E-state index contributed by atoms with van der Waals surface area (Å²) in [5, 5.41) is 9.38. The molecule has 3 nitrogen and oxygen atoms in total. The lowest BCUT2D eigenvalue weighted by Gasteiger charge is -2.28. The van der Waals surface area contributed by atoms with Gasteiger partial charge in [-0.25, -0.2) is 4.79 Å². The molecule has 2 aromatic carbocycles. The number of hydrogen-bond donors (Lipinski definition) is 1. The molecule has 0 saturated heterocycles. The molecule has 0 fully saturated rings. The van der Waals surface area contributed by atoms with Crippen LogP contribution in [0.2, 0.25) is 0 Å². The lowest BCUT2D eigenvalue weighted by atomic mass is 9.79. The van der Waals surface area contributed by atoms with Gasteiger partial charge in [-0.05, 0) is 53.1 Å². The van der Waals surface area contributed by atoms with Gasteiger partial charge in [-0.1, -0.05) is 53.7 Å². The number of hydrogen-bond acceptors (Lipinski definition) is 3. The van der Waals surface area contributed by atoms with Gasteiger partial charge in [0.15, 0.2) is 0 Å². The molecular weight excluding hydrogens is 312 g/mol. The van der Waals surface area contributed by atoms with Crippen molar-refractivity contribution in [2.24, 2.45) is 0 Å². The van der Waals surface area contributed by atoms with E-state index < -0.39 is 5.97 Å². The van der Waals surface area contributed by atoms with Gasteiger partial charge in [0.25, 0.3) is 0 Å². The molecule has 134 valence electrons. The minimum absolute atomic E-state index is 0.0181. The fraction of sp³-hybridized carbons (Fsp3) is 0.409. The van der Waals surface area contributed by atoms with Gasteiger partial charge in [0.05, 0.1) is 5.56 Å². The quantitative estimate of drug-likeness (QED) is 0.579. The molecule has 0 aliphatic heterocycles. The van der Waals surface area contributed by atoms with Crippen molar-refractivity contribution in [1.29, 1.82) is 0 Å². The van der Waals surface area contributed by atoms with E-state index >= 15 is 0 Å². The second-order valence-corrected chi connectivity index (χ2v) is 8.61. The van der Waals surface area contributed by atoms with Crippen LogP contribution in [0.4, 0.5) is 0 Å². The van der Waals surface area contributed by atoms with Crippen LogP contribution in [0.5, 0.6) is 11.5 Å². The summed E-state index contributed by atoms with van der Waals surface area (Å²) in [5.74, 6) is 0.327. The molecule has 0 spiro atoms. The number of carbonyl (C=O) groups is 1. The predicted molar refractivity (Wildman–Crippen MR) is 102 cm³/mol. The molecule has 0 radical (unpaired) electrons. The van der Waals surface area contributed by atoms with E-state index in [9.17, 15) is 9.90 Å². The van der Waals surface area contributed by atoms with Crippen molar-refractivity contribution in [3.63, 3.8) is 0 Å². The molecule has 0 bridgehead atoms. The minimum Gasteiger partial charge on any atom is -0.508 e. The van der Waals surface area contributed by atoms with Crippen LogP contribution in [0.1, 0.15) is 68.6 Å². The lowest BCUT2D eigenvalue weighted by molar-refractivity contribution is 0.0730.